The average Bonchev–Trinajstić information content (AvgIpc) is 2.62. The fourth-order valence-corrected chi connectivity index (χ4v) is 2.16. The Balaban J connectivity index is 2.06. The summed E-state index contributed by atoms with van der Waals surface area (Å²) >= 11 is 0. The van der Waals surface area contributed by atoms with Gasteiger partial charge in [0, 0.05) is 6.07 Å². The summed E-state index contributed by atoms with van der Waals surface area (Å²) in [7, 11) is 1.31. The van der Waals surface area contributed by atoms with Gasteiger partial charge in [-0.15, -0.1) is 0 Å². The number of benzene rings is 2. The third kappa shape index (κ3) is 4.54. The third-order valence-electron chi connectivity index (χ3n) is 3.50. The quantitative estimate of drug-likeness (QED) is 0.492. The van der Waals surface area contributed by atoms with Gasteiger partial charge < -0.3 is 15.4 Å². The van der Waals surface area contributed by atoms with Gasteiger partial charge in [-0.05, 0) is 18.6 Å². The second kappa shape index (κ2) is 7.91. The van der Waals surface area contributed by atoms with Gasteiger partial charge in [0.25, 0.3) is 5.69 Å². The minimum atomic E-state index is -0.894. The summed E-state index contributed by atoms with van der Waals surface area (Å²) in [5.74, 6) is -1.63. The molecule has 25 heavy (non-hydrogen) atoms. The highest BCUT2D eigenvalue weighted by Crippen LogP contribution is 2.28. The zero-order valence-corrected chi connectivity index (χ0v) is 13.7. The van der Waals surface area contributed by atoms with Crippen LogP contribution in [0.2, 0.25) is 0 Å². The molecule has 2 rings (SSSR count). The summed E-state index contributed by atoms with van der Waals surface area (Å²) in [6.07, 6.45) is 0. The maximum atomic E-state index is 12.1. The highest BCUT2D eigenvalue weighted by Gasteiger charge is 2.19. The number of ether oxygens (including phenoxy) is 1. The van der Waals surface area contributed by atoms with E-state index in [2.05, 4.69) is 10.6 Å². The molecule has 1 unspecified atom stereocenters. The van der Waals surface area contributed by atoms with Crippen LogP contribution in [0.15, 0.2) is 48.5 Å². The molecule has 8 nitrogen and oxygen atoms in total. The summed E-state index contributed by atoms with van der Waals surface area (Å²) < 4.78 is 5.02. The van der Waals surface area contributed by atoms with Crippen molar-refractivity contribution in [2.45, 2.75) is 13.0 Å². The number of methoxy groups -OCH3 is 1. The molecule has 2 amide bonds. The molecule has 8 heteroatoms. The van der Waals surface area contributed by atoms with Crippen molar-refractivity contribution in [3.63, 3.8) is 0 Å². The summed E-state index contributed by atoms with van der Waals surface area (Å²) in [6, 6.07) is 12.5. The van der Waals surface area contributed by atoms with Gasteiger partial charge >= 0.3 is 11.8 Å². The van der Waals surface area contributed by atoms with Gasteiger partial charge in [-0.2, -0.15) is 0 Å². The monoisotopic (exact) mass is 343 g/mol. The fraction of sp³-hybridized carbons (Fsp3) is 0.176. The number of anilines is 1. The van der Waals surface area contributed by atoms with E-state index in [9.17, 15) is 19.7 Å². The normalized spacial score (nSPS) is 11.3. The van der Waals surface area contributed by atoms with Crippen molar-refractivity contribution in [1.29, 1.82) is 0 Å². The van der Waals surface area contributed by atoms with Gasteiger partial charge in [0.05, 0.1) is 29.8 Å². The number of nitro groups is 1. The molecule has 0 saturated heterocycles. The van der Waals surface area contributed by atoms with E-state index in [1.807, 2.05) is 30.3 Å². The van der Waals surface area contributed by atoms with Crippen molar-refractivity contribution in [1.82, 2.24) is 5.32 Å². The van der Waals surface area contributed by atoms with Crippen LogP contribution in [0.3, 0.4) is 0 Å². The maximum absolute atomic E-state index is 12.1. The van der Waals surface area contributed by atoms with Crippen LogP contribution in [0.1, 0.15) is 18.5 Å². The molecular formula is C17H17N3O5. The first-order chi connectivity index (χ1) is 11.9. The predicted octanol–water partition coefficient (Wildman–Crippen LogP) is 2.42. The van der Waals surface area contributed by atoms with Gasteiger partial charge in [0.1, 0.15) is 5.75 Å². The summed E-state index contributed by atoms with van der Waals surface area (Å²) in [5, 5.41) is 15.7. The topological polar surface area (TPSA) is 111 Å². The maximum Gasteiger partial charge on any atom is 0.313 e. The largest absolute Gasteiger partial charge is 0.494 e. The molecule has 0 fully saturated rings. The van der Waals surface area contributed by atoms with E-state index in [1.165, 1.54) is 25.3 Å². The highest BCUT2D eigenvalue weighted by atomic mass is 16.6. The molecule has 0 aliphatic heterocycles. The number of carbonyl (C=O) groups is 2. The number of amides is 2. The van der Waals surface area contributed by atoms with E-state index in [0.717, 1.165) is 5.56 Å². The van der Waals surface area contributed by atoms with Crippen molar-refractivity contribution >= 4 is 23.2 Å². The molecule has 2 aromatic rings. The number of rotatable bonds is 5. The number of hydrogen-bond donors (Lipinski definition) is 2. The molecule has 0 radical (unpaired) electrons. The van der Waals surface area contributed by atoms with Crippen LogP contribution in [-0.2, 0) is 9.59 Å². The van der Waals surface area contributed by atoms with Crippen molar-refractivity contribution in [2.75, 3.05) is 12.4 Å². The fourth-order valence-electron chi connectivity index (χ4n) is 2.16. The summed E-state index contributed by atoms with van der Waals surface area (Å²) in [6.45, 7) is 1.76. The molecular weight excluding hydrogens is 326 g/mol. The first kappa shape index (κ1) is 17.9. The lowest BCUT2D eigenvalue weighted by Crippen LogP contribution is -2.36. The molecule has 0 aliphatic rings. The molecule has 130 valence electrons. The van der Waals surface area contributed by atoms with Crippen molar-refractivity contribution < 1.29 is 19.2 Å². The van der Waals surface area contributed by atoms with Gasteiger partial charge in [-0.25, -0.2) is 0 Å². The van der Waals surface area contributed by atoms with Crippen molar-refractivity contribution in [3.8, 4) is 5.75 Å². The standard InChI is InChI=1S/C17H17N3O5/c1-11(12-6-4-3-5-7-12)18-16(21)17(22)19-14-9-8-13(20(23)24)10-15(14)25-2/h3-11H,1-2H3,(H,18,21)(H,19,22). The number of carbonyl (C=O) groups excluding carboxylic acids is 2. The molecule has 0 heterocycles. The molecule has 0 saturated carbocycles. The van der Waals surface area contributed by atoms with Gasteiger partial charge in [0.2, 0.25) is 0 Å². The van der Waals surface area contributed by atoms with Crippen LogP contribution >= 0.6 is 0 Å². The number of nitrogens with zero attached hydrogens (tertiary/aromatic N) is 1. The second-order valence-electron chi connectivity index (χ2n) is 5.20. The van der Waals surface area contributed by atoms with Gasteiger partial charge in [-0.1, -0.05) is 30.3 Å². The average molecular weight is 343 g/mol. The molecule has 0 spiro atoms. The molecule has 2 aromatic carbocycles. The van der Waals surface area contributed by atoms with Crippen LogP contribution in [-0.4, -0.2) is 23.8 Å². The smallest absolute Gasteiger partial charge is 0.313 e. The Hall–Kier alpha value is -3.42. The first-order valence-electron chi connectivity index (χ1n) is 7.41. The highest BCUT2D eigenvalue weighted by molar-refractivity contribution is 6.39. The Bertz CT molecular complexity index is 792. The van der Waals surface area contributed by atoms with Crippen LogP contribution in [0.5, 0.6) is 5.75 Å². The molecule has 0 aliphatic carbocycles. The second-order valence-corrected chi connectivity index (χ2v) is 5.20. The minimum absolute atomic E-state index is 0.0893. The van der Waals surface area contributed by atoms with E-state index >= 15 is 0 Å². The minimum Gasteiger partial charge on any atom is -0.494 e. The van der Waals surface area contributed by atoms with E-state index in [1.54, 1.807) is 6.92 Å². The first-order valence-corrected chi connectivity index (χ1v) is 7.41. The predicted molar refractivity (Wildman–Crippen MR) is 91.3 cm³/mol. The van der Waals surface area contributed by atoms with E-state index < -0.39 is 16.7 Å². The van der Waals surface area contributed by atoms with Crippen LogP contribution in [0.4, 0.5) is 11.4 Å². The van der Waals surface area contributed by atoms with E-state index in [4.69, 9.17) is 4.74 Å². The summed E-state index contributed by atoms with van der Waals surface area (Å²) in [4.78, 5) is 34.3. The Labute approximate surface area is 144 Å². The zero-order chi connectivity index (χ0) is 18.4. The molecule has 0 aromatic heterocycles. The zero-order valence-electron chi connectivity index (χ0n) is 13.7. The Morgan fingerprint density at radius 1 is 1.12 bits per heavy atom. The van der Waals surface area contributed by atoms with Crippen LogP contribution < -0.4 is 15.4 Å². The van der Waals surface area contributed by atoms with Gasteiger partial charge in [-0.3, -0.25) is 19.7 Å². The van der Waals surface area contributed by atoms with E-state index in [0.29, 0.717) is 0 Å². The summed E-state index contributed by atoms with van der Waals surface area (Å²) in [5.41, 5.74) is 0.842. The molecule has 2 N–H and O–H groups in total. The van der Waals surface area contributed by atoms with Crippen molar-refractivity contribution in [2.24, 2.45) is 0 Å². The van der Waals surface area contributed by atoms with Gasteiger partial charge in [0.15, 0.2) is 0 Å². The number of non-ortho nitro benzene ring substituents is 1. The third-order valence-corrected chi connectivity index (χ3v) is 3.50. The Morgan fingerprint density at radius 3 is 2.40 bits per heavy atom. The number of nitro benzene ring substituents is 1. The number of nitrogens with one attached hydrogen (secondary N) is 2. The molecule has 1 atom stereocenters. The molecule has 0 bridgehead atoms. The lowest BCUT2D eigenvalue weighted by Gasteiger charge is -2.14. The van der Waals surface area contributed by atoms with Crippen LogP contribution in [0, 0.1) is 10.1 Å². The Kier molecular flexibility index (Phi) is 5.67. The number of hydrogen-bond acceptors (Lipinski definition) is 5. The SMILES string of the molecule is COc1cc([N+](=O)[O-])ccc1NC(=O)C(=O)NC(C)c1ccccc1. The van der Waals surface area contributed by atoms with Crippen LogP contribution in [0.25, 0.3) is 0 Å². The lowest BCUT2D eigenvalue weighted by atomic mass is 10.1. The van der Waals surface area contributed by atoms with Crippen molar-refractivity contribution in [3.05, 3.63) is 64.2 Å². The Morgan fingerprint density at radius 2 is 1.80 bits per heavy atom. The lowest BCUT2D eigenvalue weighted by molar-refractivity contribution is -0.384. The van der Waals surface area contributed by atoms with E-state index in [-0.39, 0.29) is 23.2 Å².